The summed E-state index contributed by atoms with van der Waals surface area (Å²) in [4.78, 5) is 15.7. The normalized spacial score (nSPS) is 15.9. The Morgan fingerprint density at radius 3 is 2.06 bits per heavy atom. The number of rotatable bonds is 8. The molecule has 2 aromatic rings. The van der Waals surface area contributed by atoms with E-state index in [0.717, 1.165) is 43.0 Å². The Hall–Kier alpha value is -2.38. The average molecular weight is 458 g/mol. The highest BCUT2D eigenvalue weighted by molar-refractivity contribution is 7.88. The molecular formula is C25H35N3O3S. The molecule has 0 N–H and O–H groups in total. The molecule has 0 saturated carbocycles. The van der Waals surface area contributed by atoms with Crippen molar-refractivity contribution < 1.29 is 13.2 Å². The monoisotopic (exact) mass is 457 g/mol. The van der Waals surface area contributed by atoms with Gasteiger partial charge in [0.15, 0.2) is 0 Å². The molecule has 1 heterocycles. The zero-order valence-corrected chi connectivity index (χ0v) is 20.4. The van der Waals surface area contributed by atoms with Crippen LogP contribution in [0.25, 0.3) is 0 Å². The highest BCUT2D eigenvalue weighted by Gasteiger charge is 2.29. The molecule has 0 aliphatic carbocycles. The molecule has 2 aromatic carbocycles. The number of anilines is 1. The van der Waals surface area contributed by atoms with Gasteiger partial charge in [0.25, 0.3) is 0 Å². The first-order chi connectivity index (χ1) is 15.2. The molecule has 32 heavy (non-hydrogen) atoms. The van der Waals surface area contributed by atoms with Crippen LogP contribution in [-0.4, -0.2) is 56.3 Å². The van der Waals surface area contributed by atoms with Crippen LogP contribution in [0, 0.1) is 5.92 Å². The van der Waals surface area contributed by atoms with Crippen LogP contribution in [0.1, 0.15) is 44.9 Å². The predicted molar refractivity (Wildman–Crippen MR) is 130 cm³/mol. The molecule has 1 atom stereocenters. The van der Waals surface area contributed by atoms with Crippen molar-refractivity contribution in [3.05, 3.63) is 65.7 Å². The van der Waals surface area contributed by atoms with E-state index in [4.69, 9.17) is 0 Å². The van der Waals surface area contributed by atoms with Crippen molar-refractivity contribution in [3.63, 3.8) is 0 Å². The number of carbonyl (C=O) groups excluding carboxylic acids is 1. The van der Waals surface area contributed by atoms with Gasteiger partial charge in [-0.1, -0.05) is 56.3 Å². The number of nitrogens with zero attached hydrogens (tertiary/aromatic N) is 3. The first-order valence-electron chi connectivity index (χ1n) is 11.3. The van der Waals surface area contributed by atoms with Crippen LogP contribution in [0.3, 0.4) is 0 Å². The van der Waals surface area contributed by atoms with Gasteiger partial charge < -0.3 is 9.80 Å². The van der Waals surface area contributed by atoms with E-state index in [0.29, 0.717) is 6.54 Å². The highest BCUT2D eigenvalue weighted by Crippen LogP contribution is 2.28. The second kappa shape index (κ2) is 10.5. The molecule has 0 aromatic heterocycles. The van der Waals surface area contributed by atoms with Crippen molar-refractivity contribution in [2.45, 2.75) is 39.5 Å². The standard InChI is InChI=1S/C25H35N3O3S/c1-20(2)18-28(32(30,31)19-23-8-6-5-7-9-23)21(3)24-10-12-25(13-11-24)27-16-14-26(15-17-27)22(4)29/h5-13,20-21H,14-19H2,1-4H3/t21-/m1/s1. The van der Waals surface area contributed by atoms with Gasteiger partial charge in [0.1, 0.15) is 0 Å². The first kappa shape index (κ1) is 24.3. The van der Waals surface area contributed by atoms with Gasteiger partial charge in [-0.3, -0.25) is 4.79 Å². The summed E-state index contributed by atoms with van der Waals surface area (Å²) >= 11 is 0. The molecule has 174 valence electrons. The zero-order chi connectivity index (χ0) is 23.3. The summed E-state index contributed by atoms with van der Waals surface area (Å²) in [6.45, 7) is 11.2. The van der Waals surface area contributed by atoms with Gasteiger partial charge in [0, 0.05) is 51.4 Å². The summed E-state index contributed by atoms with van der Waals surface area (Å²) in [5, 5.41) is 0. The van der Waals surface area contributed by atoms with Gasteiger partial charge in [0.05, 0.1) is 5.75 Å². The van der Waals surface area contributed by atoms with Gasteiger partial charge in [-0.05, 0) is 36.1 Å². The van der Waals surface area contributed by atoms with E-state index >= 15 is 0 Å². The fraction of sp³-hybridized carbons (Fsp3) is 0.480. The molecule has 1 amide bonds. The van der Waals surface area contributed by atoms with Crippen molar-refractivity contribution in [2.24, 2.45) is 5.92 Å². The molecule has 0 radical (unpaired) electrons. The third-order valence-electron chi connectivity index (χ3n) is 5.99. The van der Waals surface area contributed by atoms with E-state index < -0.39 is 10.0 Å². The van der Waals surface area contributed by atoms with Crippen molar-refractivity contribution >= 4 is 21.6 Å². The van der Waals surface area contributed by atoms with E-state index in [1.165, 1.54) is 0 Å². The second-order valence-electron chi connectivity index (χ2n) is 8.97. The lowest BCUT2D eigenvalue weighted by atomic mass is 10.1. The van der Waals surface area contributed by atoms with Crippen molar-refractivity contribution in [1.82, 2.24) is 9.21 Å². The molecule has 1 aliphatic rings. The Morgan fingerprint density at radius 1 is 0.938 bits per heavy atom. The Labute approximate surface area is 192 Å². The number of carbonyl (C=O) groups is 1. The van der Waals surface area contributed by atoms with Crippen LogP contribution in [0.5, 0.6) is 0 Å². The fourth-order valence-electron chi connectivity index (χ4n) is 4.15. The van der Waals surface area contributed by atoms with Gasteiger partial charge >= 0.3 is 0 Å². The Morgan fingerprint density at radius 2 is 1.53 bits per heavy atom. The molecule has 1 aliphatic heterocycles. The second-order valence-corrected chi connectivity index (χ2v) is 10.9. The van der Waals surface area contributed by atoms with E-state index in [-0.39, 0.29) is 23.6 Å². The van der Waals surface area contributed by atoms with Crippen LogP contribution in [0.2, 0.25) is 0 Å². The lowest BCUT2D eigenvalue weighted by Crippen LogP contribution is -2.48. The molecule has 1 fully saturated rings. The summed E-state index contributed by atoms with van der Waals surface area (Å²) in [5.74, 6) is 0.347. The van der Waals surface area contributed by atoms with Crippen LogP contribution >= 0.6 is 0 Å². The van der Waals surface area contributed by atoms with E-state index in [1.54, 1.807) is 11.2 Å². The lowest BCUT2D eigenvalue weighted by molar-refractivity contribution is -0.129. The van der Waals surface area contributed by atoms with Crippen molar-refractivity contribution in [1.29, 1.82) is 0 Å². The SMILES string of the molecule is CC(=O)N1CCN(c2ccc([C@@H](C)N(CC(C)C)S(=O)(=O)Cc3ccccc3)cc2)CC1. The topological polar surface area (TPSA) is 60.9 Å². The van der Waals surface area contributed by atoms with E-state index in [9.17, 15) is 13.2 Å². The largest absolute Gasteiger partial charge is 0.368 e. The lowest BCUT2D eigenvalue weighted by Gasteiger charge is -2.36. The summed E-state index contributed by atoms with van der Waals surface area (Å²) in [6.07, 6.45) is 0. The fourth-order valence-corrected chi connectivity index (χ4v) is 6.06. The van der Waals surface area contributed by atoms with Gasteiger partial charge in [-0.15, -0.1) is 0 Å². The smallest absolute Gasteiger partial charge is 0.219 e. The van der Waals surface area contributed by atoms with Gasteiger partial charge in [0.2, 0.25) is 15.9 Å². The van der Waals surface area contributed by atoms with Gasteiger partial charge in [-0.25, -0.2) is 8.42 Å². The number of sulfonamides is 1. The summed E-state index contributed by atoms with van der Waals surface area (Å²) in [6, 6.07) is 17.3. The molecule has 0 bridgehead atoms. The van der Waals surface area contributed by atoms with Crippen LogP contribution in [0.15, 0.2) is 54.6 Å². The van der Waals surface area contributed by atoms with Crippen LogP contribution in [-0.2, 0) is 20.6 Å². The molecule has 1 saturated heterocycles. The van der Waals surface area contributed by atoms with Crippen LogP contribution in [0.4, 0.5) is 5.69 Å². The van der Waals surface area contributed by atoms with E-state index in [2.05, 4.69) is 17.0 Å². The minimum atomic E-state index is -3.48. The molecular weight excluding hydrogens is 422 g/mol. The number of amides is 1. The molecule has 0 spiro atoms. The Kier molecular flexibility index (Phi) is 7.96. The predicted octanol–water partition coefficient (Wildman–Crippen LogP) is 3.90. The maximum Gasteiger partial charge on any atom is 0.219 e. The van der Waals surface area contributed by atoms with Gasteiger partial charge in [-0.2, -0.15) is 4.31 Å². The number of hydrogen-bond acceptors (Lipinski definition) is 4. The minimum absolute atomic E-state index is 0.00338. The maximum absolute atomic E-state index is 13.3. The highest BCUT2D eigenvalue weighted by atomic mass is 32.2. The maximum atomic E-state index is 13.3. The number of benzene rings is 2. The van der Waals surface area contributed by atoms with Crippen molar-refractivity contribution in [2.75, 3.05) is 37.6 Å². The summed E-state index contributed by atoms with van der Waals surface area (Å²) in [5.41, 5.74) is 2.88. The van der Waals surface area contributed by atoms with Crippen LogP contribution < -0.4 is 4.90 Å². The Bertz CT molecular complexity index is 983. The minimum Gasteiger partial charge on any atom is -0.368 e. The number of piperazine rings is 1. The molecule has 6 nitrogen and oxygen atoms in total. The van der Waals surface area contributed by atoms with E-state index in [1.807, 2.05) is 68.1 Å². The molecule has 3 rings (SSSR count). The third-order valence-corrected chi connectivity index (χ3v) is 7.87. The summed E-state index contributed by atoms with van der Waals surface area (Å²) < 4.78 is 28.3. The van der Waals surface area contributed by atoms with Crippen molar-refractivity contribution in [3.8, 4) is 0 Å². The first-order valence-corrected chi connectivity index (χ1v) is 12.9. The molecule has 7 heteroatoms. The Balaban J connectivity index is 1.75. The summed E-state index contributed by atoms with van der Waals surface area (Å²) in [7, 11) is -3.48. The molecule has 0 unspecified atom stereocenters. The third kappa shape index (κ3) is 6.11. The number of hydrogen-bond donors (Lipinski definition) is 0. The quantitative estimate of drug-likeness (QED) is 0.603. The average Bonchev–Trinajstić information content (AvgIpc) is 2.77. The zero-order valence-electron chi connectivity index (χ0n) is 19.6.